The van der Waals surface area contributed by atoms with Crippen molar-refractivity contribution in [2.45, 2.75) is 32.8 Å². The molecule has 0 saturated heterocycles. The molecule has 14 heavy (non-hydrogen) atoms. The normalized spacial score (nSPS) is 33.0. The second-order valence-electron chi connectivity index (χ2n) is 4.34. The molecule has 3 heteroatoms. The number of hydrogen-bond acceptors (Lipinski definition) is 2. The van der Waals surface area contributed by atoms with E-state index >= 15 is 0 Å². The van der Waals surface area contributed by atoms with Gasteiger partial charge in [-0.05, 0) is 18.8 Å². The molecule has 3 unspecified atom stereocenters. The Morgan fingerprint density at radius 3 is 2.07 bits per heavy atom. The largest absolute Gasteiger partial charge is 0.481 e. The Morgan fingerprint density at radius 2 is 1.93 bits per heavy atom. The van der Waals surface area contributed by atoms with Crippen molar-refractivity contribution in [3.05, 3.63) is 12.2 Å². The topological polar surface area (TPSA) is 57.5 Å². The van der Waals surface area contributed by atoms with Crippen LogP contribution in [0.1, 0.15) is 26.7 Å². The molecule has 0 radical (unpaired) electrons. The highest BCUT2D eigenvalue weighted by Gasteiger charge is 2.33. The summed E-state index contributed by atoms with van der Waals surface area (Å²) >= 11 is 0. The molecule has 2 N–H and O–H groups in total. The van der Waals surface area contributed by atoms with E-state index in [-0.39, 0.29) is 12.0 Å². The molecular weight excluding hydrogens is 180 g/mol. The third-order valence-electron chi connectivity index (χ3n) is 2.74. The summed E-state index contributed by atoms with van der Waals surface area (Å²) in [6, 6.07) is 0. The zero-order valence-electron chi connectivity index (χ0n) is 8.68. The first-order valence-electron chi connectivity index (χ1n) is 5.10. The Labute approximate surface area is 84.4 Å². The Morgan fingerprint density at radius 1 is 1.36 bits per heavy atom. The minimum Gasteiger partial charge on any atom is -0.481 e. The number of allylic oxidation sites excluding steroid dienone is 1. The van der Waals surface area contributed by atoms with E-state index in [2.05, 4.69) is 12.2 Å². The molecule has 80 valence electrons. The molecule has 0 aromatic rings. The number of aliphatic hydroxyl groups is 1. The molecule has 1 saturated carbocycles. The number of carboxylic acid groups (broad SMARTS) is 1. The van der Waals surface area contributed by atoms with Gasteiger partial charge >= 0.3 is 5.97 Å². The highest BCUT2D eigenvalue weighted by Crippen LogP contribution is 2.38. The number of aliphatic hydroxyl groups excluding tert-OH is 1. The SMILES string of the molecule is CC(C)C(=O)O.OC1CC2C=CC1C2. The lowest BCUT2D eigenvalue weighted by Gasteiger charge is -2.08. The molecule has 0 heterocycles. The summed E-state index contributed by atoms with van der Waals surface area (Å²) in [6.07, 6.45) is 6.60. The van der Waals surface area contributed by atoms with E-state index < -0.39 is 5.97 Å². The fourth-order valence-corrected chi connectivity index (χ4v) is 1.75. The smallest absolute Gasteiger partial charge is 0.305 e. The molecule has 0 amide bonds. The lowest BCUT2D eigenvalue weighted by Crippen LogP contribution is -2.11. The van der Waals surface area contributed by atoms with Gasteiger partial charge in [-0.15, -0.1) is 0 Å². The van der Waals surface area contributed by atoms with Crippen LogP contribution in [0.2, 0.25) is 0 Å². The second kappa shape index (κ2) is 4.60. The van der Waals surface area contributed by atoms with Crippen molar-refractivity contribution < 1.29 is 15.0 Å². The predicted octanol–water partition coefficient (Wildman–Crippen LogP) is 1.67. The van der Waals surface area contributed by atoms with Crippen LogP contribution in [0.25, 0.3) is 0 Å². The third-order valence-corrected chi connectivity index (χ3v) is 2.74. The van der Waals surface area contributed by atoms with Crippen LogP contribution in [0.5, 0.6) is 0 Å². The Kier molecular flexibility index (Phi) is 3.69. The monoisotopic (exact) mass is 198 g/mol. The average Bonchev–Trinajstić information content (AvgIpc) is 2.65. The number of carboxylic acids is 1. The van der Waals surface area contributed by atoms with Gasteiger partial charge in [0.1, 0.15) is 0 Å². The second-order valence-corrected chi connectivity index (χ2v) is 4.34. The maximum Gasteiger partial charge on any atom is 0.305 e. The Balaban J connectivity index is 0.000000149. The van der Waals surface area contributed by atoms with Crippen molar-refractivity contribution in [2.75, 3.05) is 0 Å². The molecule has 2 bridgehead atoms. The molecule has 2 aliphatic rings. The molecule has 2 aliphatic carbocycles. The van der Waals surface area contributed by atoms with Gasteiger partial charge in [-0.25, -0.2) is 0 Å². The van der Waals surface area contributed by atoms with E-state index in [9.17, 15) is 4.79 Å². The molecule has 1 fully saturated rings. The summed E-state index contributed by atoms with van der Waals surface area (Å²) in [7, 11) is 0. The summed E-state index contributed by atoms with van der Waals surface area (Å²) in [4.78, 5) is 9.70. The maximum absolute atomic E-state index is 9.70. The van der Waals surface area contributed by atoms with Crippen LogP contribution in [0.3, 0.4) is 0 Å². The number of rotatable bonds is 1. The van der Waals surface area contributed by atoms with Gasteiger partial charge in [-0.2, -0.15) is 0 Å². The van der Waals surface area contributed by atoms with Gasteiger partial charge in [0.25, 0.3) is 0 Å². The van der Waals surface area contributed by atoms with Gasteiger partial charge in [0, 0.05) is 5.92 Å². The quantitative estimate of drug-likeness (QED) is 0.630. The van der Waals surface area contributed by atoms with Crippen LogP contribution < -0.4 is 0 Å². The lowest BCUT2D eigenvalue weighted by molar-refractivity contribution is -0.140. The zero-order chi connectivity index (χ0) is 10.7. The van der Waals surface area contributed by atoms with Crippen LogP contribution in [-0.2, 0) is 4.79 Å². The molecule has 2 rings (SSSR count). The molecule has 0 spiro atoms. The van der Waals surface area contributed by atoms with Gasteiger partial charge in [0.15, 0.2) is 0 Å². The predicted molar refractivity (Wildman–Crippen MR) is 53.8 cm³/mol. The van der Waals surface area contributed by atoms with Crippen molar-refractivity contribution in [3.63, 3.8) is 0 Å². The Bertz CT molecular complexity index is 233. The highest BCUT2D eigenvalue weighted by molar-refractivity contribution is 5.68. The lowest BCUT2D eigenvalue weighted by atomic mass is 10.1. The van der Waals surface area contributed by atoms with Gasteiger partial charge in [-0.3, -0.25) is 4.79 Å². The van der Waals surface area contributed by atoms with Crippen LogP contribution in [0, 0.1) is 17.8 Å². The fraction of sp³-hybridized carbons (Fsp3) is 0.727. The zero-order valence-corrected chi connectivity index (χ0v) is 8.68. The van der Waals surface area contributed by atoms with Crippen LogP contribution >= 0.6 is 0 Å². The summed E-state index contributed by atoms with van der Waals surface area (Å²) in [5.41, 5.74) is 0. The number of carbonyl (C=O) groups is 1. The number of aliphatic carboxylic acids is 1. The first-order chi connectivity index (χ1) is 6.50. The Hall–Kier alpha value is -0.830. The van der Waals surface area contributed by atoms with E-state index in [1.807, 2.05) is 0 Å². The summed E-state index contributed by atoms with van der Waals surface area (Å²) < 4.78 is 0. The summed E-state index contributed by atoms with van der Waals surface area (Å²) in [6.45, 7) is 3.28. The van der Waals surface area contributed by atoms with E-state index in [1.54, 1.807) is 13.8 Å². The van der Waals surface area contributed by atoms with Gasteiger partial charge in [0.2, 0.25) is 0 Å². The van der Waals surface area contributed by atoms with Gasteiger partial charge < -0.3 is 10.2 Å². The van der Waals surface area contributed by atoms with Gasteiger partial charge in [0.05, 0.1) is 12.0 Å². The first kappa shape index (κ1) is 11.2. The van der Waals surface area contributed by atoms with E-state index in [0.717, 1.165) is 12.3 Å². The average molecular weight is 198 g/mol. The van der Waals surface area contributed by atoms with E-state index in [4.69, 9.17) is 10.2 Å². The van der Waals surface area contributed by atoms with E-state index in [0.29, 0.717) is 5.92 Å². The van der Waals surface area contributed by atoms with Crippen LogP contribution in [0.4, 0.5) is 0 Å². The molecule has 3 nitrogen and oxygen atoms in total. The maximum atomic E-state index is 9.70. The van der Waals surface area contributed by atoms with Crippen molar-refractivity contribution in [3.8, 4) is 0 Å². The van der Waals surface area contributed by atoms with Crippen molar-refractivity contribution in [1.82, 2.24) is 0 Å². The third kappa shape index (κ3) is 2.84. The molecule has 0 aliphatic heterocycles. The number of fused-ring (bicyclic) bond motifs is 2. The molecule has 3 atom stereocenters. The van der Waals surface area contributed by atoms with E-state index in [1.165, 1.54) is 6.42 Å². The standard InChI is InChI=1S/C7H10O.C4H8O2/c8-7-4-5-1-2-6(7)3-5;1-3(2)4(5)6/h1-2,5-8H,3-4H2;3H,1-2H3,(H,5,6). The number of hydrogen-bond donors (Lipinski definition) is 2. The highest BCUT2D eigenvalue weighted by atomic mass is 16.4. The first-order valence-corrected chi connectivity index (χ1v) is 5.10. The van der Waals surface area contributed by atoms with Crippen LogP contribution in [-0.4, -0.2) is 22.3 Å². The van der Waals surface area contributed by atoms with Crippen molar-refractivity contribution in [2.24, 2.45) is 17.8 Å². The van der Waals surface area contributed by atoms with Gasteiger partial charge in [-0.1, -0.05) is 26.0 Å². The minimum atomic E-state index is -0.741. The summed E-state index contributed by atoms with van der Waals surface area (Å²) in [5, 5.41) is 17.2. The van der Waals surface area contributed by atoms with Crippen molar-refractivity contribution >= 4 is 5.97 Å². The molecular formula is C11H18O3. The fourth-order valence-electron chi connectivity index (χ4n) is 1.75. The molecule has 0 aromatic carbocycles. The minimum absolute atomic E-state index is 0.00926. The van der Waals surface area contributed by atoms with Crippen LogP contribution in [0.15, 0.2) is 12.2 Å². The summed E-state index contributed by atoms with van der Waals surface area (Å²) in [5.74, 6) is 0.259. The molecule has 0 aromatic heterocycles. The van der Waals surface area contributed by atoms with Crippen molar-refractivity contribution in [1.29, 1.82) is 0 Å².